The molecule has 0 aliphatic rings. The number of rotatable bonds is 5. The first-order valence-corrected chi connectivity index (χ1v) is 9.95. The van der Waals surface area contributed by atoms with Gasteiger partial charge in [-0.25, -0.2) is 4.98 Å². The first-order valence-electron chi connectivity index (χ1n) is 8.69. The number of thiazole rings is 1. The third-order valence-corrected chi connectivity index (χ3v) is 5.14. The van der Waals surface area contributed by atoms with Crippen LogP contribution in [0.4, 0.5) is 18.9 Å². The lowest BCUT2D eigenvalue weighted by Gasteiger charge is -2.06. The smallest absolute Gasteiger partial charge is 0.347 e. The van der Waals surface area contributed by atoms with E-state index in [-0.39, 0.29) is 6.54 Å². The third-order valence-electron chi connectivity index (χ3n) is 3.97. The molecule has 2 N–H and O–H groups in total. The van der Waals surface area contributed by atoms with Gasteiger partial charge in [0.05, 0.1) is 11.3 Å². The van der Waals surface area contributed by atoms with Crippen molar-refractivity contribution in [1.29, 1.82) is 0 Å². The number of nitrogens with zero attached hydrogens (tertiary/aromatic N) is 1. The van der Waals surface area contributed by atoms with Crippen LogP contribution in [0.3, 0.4) is 0 Å². The van der Waals surface area contributed by atoms with Crippen molar-refractivity contribution in [2.24, 2.45) is 0 Å². The topological polar surface area (TPSA) is 71.1 Å². The quantitative estimate of drug-likeness (QED) is 0.546. The van der Waals surface area contributed by atoms with Crippen molar-refractivity contribution in [2.75, 3.05) is 11.9 Å². The highest BCUT2D eigenvalue weighted by molar-refractivity contribution is 7.13. The van der Waals surface area contributed by atoms with E-state index < -0.39 is 23.6 Å². The van der Waals surface area contributed by atoms with Gasteiger partial charge >= 0.3 is 18.0 Å². The van der Waals surface area contributed by atoms with Crippen molar-refractivity contribution in [2.45, 2.75) is 12.6 Å². The van der Waals surface area contributed by atoms with Crippen molar-refractivity contribution in [3.63, 3.8) is 0 Å². The highest BCUT2D eigenvalue weighted by Gasteiger charge is 2.30. The van der Waals surface area contributed by atoms with E-state index in [4.69, 9.17) is 11.6 Å². The molecular weight excluding hydrogens is 439 g/mol. The van der Waals surface area contributed by atoms with Gasteiger partial charge in [0.25, 0.3) is 0 Å². The number of hydrogen-bond donors (Lipinski definition) is 2. The lowest BCUT2D eigenvalue weighted by molar-refractivity contribution is -0.137. The molecule has 1 aromatic heterocycles. The first kappa shape index (κ1) is 21.8. The van der Waals surface area contributed by atoms with E-state index in [0.29, 0.717) is 33.4 Å². The Morgan fingerprint density at radius 3 is 2.47 bits per heavy atom. The molecule has 0 spiro atoms. The van der Waals surface area contributed by atoms with Crippen LogP contribution in [0.5, 0.6) is 0 Å². The fourth-order valence-electron chi connectivity index (χ4n) is 2.49. The molecule has 3 aromatic rings. The van der Waals surface area contributed by atoms with Crippen molar-refractivity contribution in [1.82, 2.24) is 10.3 Å². The summed E-state index contributed by atoms with van der Waals surface area (Å²) in [5.41, 5.74) is 0.916. The molecule has 0 saturated heterocycles. The number of halogens is 4. The highest BCUT2D eigenvalue weighted by atomic mass is 35.5. The van der Waals surface area contributed by atoms with E-state index in [1.807, 2.05) is 0 Å². The molecule has 0 aliphatic heterocycles. The van der Waals surface area contributed by atoms with E-state index in [0.717, 1.165) is 12.1 Å². The zero-order chi connectivity index (χ0) is 21.7. The fourth-order valence-corrected chi connectivity index (χ4v) is 3.55. The summed E-state index contributed by atoms with van der Waals surface area (Å²) >= 11 is 7.11. The largest absolute Gasteiger partial charge is 0.416 e. The van der Waals surface area contributed by atoms with Gasteiger partial charge in [-0.15, -0.1) is 11.3 Å². The standard InChI is InChI=1S/C20H15ClF3N3O2S/c21-14-2-1-3-15(10-14)26-18(29)17(28)25-9-8-16-11-30-19(27-16)12-4-6-13(7-5-12)20(22,23)24/h1-7,10-11H,8-9H2,(H,25,28)(H,26,29). The predicted octanol–water partition coefficient (Wildman–Crippen LogP) is 4.78. The minimum Gasteiger partial charge on any atom is -0.347 e. The minimum absolute atomic E-state index is 0.179. The molecule has 0 radical (unpaired) electrons. The Bertz CT molecular complexity index is 1050. The molecule has 3 rings (SSSR count). The molecule has 0 aliphatic carbocycles. The van der Waals surface area contributed by atoms with Gasteiger partial charge in [-0.3, -0.25) is 9.59 Å². The van der Waals surface area contributed by atoms with E-state index in [2.05, 4.69) is 15.6 Å². The molecule has 0 bridgehead atoms. The van der Waals surface area contributed by atoms with Gasteiger partial charge in [0.15, 0.2) is 0 Å². The maximum Gasteiger partial charge on any atom is 0.416 e. The molecule has 156 valence electrons. The Morgan fingerprint density at radius 1 is 1.07 bits per heavy atom. The number of nitrogens with one attached hydrogen (secondary N) is 2. The molecule has 0 fully saturated rings. The van der Waals surface area contributed by atoms with Gasteiger partial charge in [0.1, 0.15) is 5.01 Å². The maximum atomic E-state index is 12.6. The van der Waals surface area contributed by atoms with Crippen LogP contribution in [0, 0.1) is 0 Å². The molecule has 2 aromatic carbocycles. The van der Waals surface area contributed by atoms with Gasteiger partial charge in [-0.2, -0.15) is 13.2 Å². The summed E-state index contributed by atoms with van der Waals surface area (Å²) in [4.78, 5) is 28.2. The third kappa shape index (κ3) is 5.80. The molecule has 30 heavy (non-hydrogen) atoms. The first-order chi connectivity index (χ1) is 14.2. The van der Waals surface area contributed by atoms with E-state index in [1.165, 1.54) is 29.5 Å². The number of hydrogen-bond acceptors (Lipinski definition) is 4. The number of alkyl halides is 3. The molecular formula is C20H15ClF3N3O2S. The van der Waals surface area contributed by atoms with Gasteiger partial charge < -0.3 is 10.6 Å². The van der Waals surface area contributed by atoms with E-state index in [1.54, 1.807) is 23.6 Å². The Morgan fingerprint density at radius 2 is 1.80 bits per heavy atom. The summed E-state index contributed by atoms with van der Waals surface area (Å²) in [6.45, 7) is 0.179. The molecule has 1 heterocycles. The van der Waals surface area contributed by atoms with Crippen LogP contribution in [-0.4, -0.2) is 23.3 Å². The number of carbonyl (C=O) groups is 2. The Kier molecular flexibility index (Phi) is 6.73. The summed E-state index contributed by atoms with van der Waals surface area (Å²) < 4.78 is 37.9. The van der Waals surface area contributed by atoms with Crippen LogP contribution in [0.1, 0.15) is 11.3 Å². The predicted molar refractivity (Wildman–Crippen MR) is 109 cm³/mol. The summed E-state index contributed by atoms with van der Waals surface area (Å²) in [6, 6.07) is 11.2. The Balaban J connectivity index is 1.50. The maximum absolute atomic E-state index is 12.6. The van der Waals surface area contributed by atoms with Crippen LogP contribution in [0.15, 0.2) is 53.9 Å². The molecule has 0 saturated carbocycles. The summed E-state index contributed by atoms with van der Waals surface area (Å²) in [6.07, 6.45) is -4.02. The second-order valence-electron chi connectivity index (χ2n) is 6.19. The van der Waals surface area contributed by atoms with Crippen LogP contribution in [0.2, 0.25) is 5.02 Å². The Labute approximate surface area is 178 Å². The molecule has 0 unspecified atom stereocenters. The van der Waals surface area contributed by atoms with Crippen molar-refractivity contribution in [3.05, 3.63) is 70.2 Å². The zero-order valence-electron chi connectivity index (χ0n) is 15.3. The summed E-state index contributed by atoms with van der Waals surface area (Å²) in [7, 11) is 0. The van der Waals surface area contributed by atoms with Gasteiger partial charge in [0, 0.05) is 34.6 Å². The average Bonchev–Trinajstić information content (AvgIpc) is 3.16. The number of benzene rings is 2. The Hall–Kier alpha value is -2.91. The van der Waals surface area contributed by atoms with Crippen LogP contribution < -0.4 is 10.6 Å². The number of aromatic nitrogens is 1. The second kappa shape index (κ2) is 9.27. The fraction of sp³-hybridized carbons (Fsp3) is 0.150. The lowest BCUT2D eigenvalue weighted by Crippen LogP contribution is -2.36. The molecule has 5 nitrogen and oxygen atoms in total. The second-order valence-corrected chi connectivity index (χ2v) is 7.48. The summed E-state index contributed by atoms with van der Waals surface area (Å²) in [5, 5.41) is 7.70. The van der Waals surface area contributed by atoms with Crippen LogP contribution in [0.25, 0.3) is 10.6 Å². The normalized spacial score (nSPS) is 11.2. The number of amides is 2. The highest BCUT2D eigenvalue weighted by Crippen LogP contribution is 2.31. The monoisotopic (exact) mass is 453 g/mol. The zero-order valence-corrected chi connectivity index (χ0v) is 16.9. The van der Waals surface area contributed by atoms with Crippen LogP contribution >= 0.6 is 22.9 Å². The van der Waals surface area contributed by atoms with E-state index in [9.17, 15) is 22.8 Å². The molecule has 10 heteroatoms. The lowest BCUT2D eigenvalue weighted by atomic mass is 10.1. The van der Waals surface area contributed by atoms with Gasteiger partial charge in [0.2, 0.25) is 0 Å². The summed E-state index contributed by atoms with van der Waals surface area (Å²) in [5.74, 6) is -1.62. The van der Waals surface area contributed by atoms with Crippen molar-refractivity contribution >= 4 is 40.4 Å². The van der Waals surface area contributed by atoms with Crippen molar-refractivity contribution < 1.29 is 22.8 Å². The minimum atomic E-state index is -4.39. The van der Waals surface area contributed by atoms with Gasteiger partial charge in [-0.05, 0) is 30.3 Å². The number of anilines is 1. The van der Waals surface area contributed by atoms with Gasteiger partial charge in [-0.1, -0.05) is 29.8 Å². The van der Waals surface area contributed by atoms with Crippen molar-refractivity contribution in [3.8, 4) is 10.6 Å². The molecule has 2 amide bonds. The molecule has 0 atom stereocenters. The number of carbonyl (C=O) groups excluding carboxylic acids is 2. The van der Waals surface area contributed by atoms with Crippen LogP contribution in [-0.2, 0) is 22.2 Å². The van der Waals surface area contributed by atoms with E-state index >= 15 is 0 Å². The average molecular weight is 454 g/mol. The SMILES string of the molecule is O=C(NCCc1csc(-c2ccc(C(F)(F)F)cc2)n1)C(=O)Nc1cccc(Cl)c1.